The number of hydrogen-bond acceptors (Lipinski definition) is 5. The van der Waals surface area contributed by atoms with Crippen molar-refractivity contribution in [3.63, 3.8) is 0 Å². The second-order valence-electron chi connectivity index (χ2n) is 6.60. The zero-order chi connectivity index (χ0) is 20.5. The van der Waals surface area contributed by atoms with Crippen LogP contribution in [0.2, 0.25) is 5.15 Å². The standard InChI is InChI=1S/C19H18ClF3N4OS/c1-29-13-8-10(21)5-6-11(13)24-12-9-14(20)25-18-16(12)26-19(17(22)23)27(18)15-4-2-3-7-28-15/h5-6,8-9,15,17H,2-4,7H2,1H3,(H,24,25). The van der Waals surface area contributed by atoms with Gasteiger partial charge in [0.1, 0.15) is 22.7 Å². The fourth-order valence-corrected chi connectivity index (χ4v) is 4.18. The molecular weight excluding hydrogens is 425 g/mol. The SMILES string of the molecule is CSc1cc(F)ccc1Nc1cc(Cl)nc2c1nc(C(F)F)n2C1CCCCO1. The Balaban J connectivity index is 1.85. The average molecular weight is 443 g/mol. The van der Waals surface area contributed by atoms with Gasteiger partial charge in [-0.05, 0) is 43.7 Å². The highest BCUT2D eigenvalue weighted by atomic mass is 35.5. The molecule has 0 amide bonds. The summed E-state index contributed by atoms with van der Waals surface area (Å²) in [5.41, 5.74) is 1.52. The molecule has 1 aliphatic heterocycles. The third kappa shape index (κ3) is 4.04. The zero-order valence-corrected chi connectivity index (χ0v) is 17.0. The molecule has 3 aromatic rings. The molecule has 1 saturated heterocycles. The molecule has 2 aromatic heterocycles. The number of benzene rings is 1. The summed E-state index contributed by atoms with van der Waals surface area (Å²) in [6.07, 6.45) is 0.801. The van der Waals surface area contributed by atoms with Crippen LogP contribution in [0.25, 0.3) is 11.2 Å². The molecule has 1 atom stereocenters. The molecule has 4 rings (SSSR count). The molecule has 0 spiro atoms. The van der Waals surface area contributed by atoms with E-state index >= 15 is 0 Å². The van der Waals surface area contributed by atoms with E-state index in [9.17, 15) is 13.2 Å². The molecule has 0 bridgehead atoms. The Kier molecular flexibility index (Phi) is 5.89. The molecular formula is C19H18ClF3N4OS. The van der Waals surface area contributed by atoms with E-state index in [1.807, 2.05) is 6.26 Å². The Morgan fingerprint density at radius 2 is 2.07 bits per heavy atom. The molecule has 154 valence electrons. The van der Waals surface area contributed by atoms with Gasteiger partial charge in [0.2, 0.25) is 0 Å². The van der Waals surface area contributed by atoms with Crippen LogP contribution >= 0.6 is 23.4 Å². The van der Waals surface area contributed by atoms with Crippen LogP contribution in [0.15, 0.2) is 29.2 Å². The van der Waals surface area contributed by atoms with Gasteiger partial charge < -0.3 is 10.1 Å². The van der Waals surface area contributed by atoms with Crippen molar-refractivity contribution < 1.29 is 17.9 Å². The first kappa shape index (κ1) is 20.3. The molecule has 1 aliphatic rings. The van der Waals surface area contributed by atoms with Crippen LogP contribution in [0.3, 0.4) is 0 Å². The highest BCUT2D eigenvalue weighted by Crippen LogP contribution is 2.37. The quantitative estimate of drug-likeness (QED) is 0.370. The van der Waals surface area contributed by atoms with E-state index in [0.29, 0.717) is 29.3 Å². The number of aromatic nitrogens is 3. The fourth-order valence-electron chi connectivity index (χ4n) is 3.42. The van der Waals surface area contributed by atoms with Crippen LogP contribution in [0.5, 0.6) is 0 Å². The van der Waals surface area contributed by atoms with Crippen molar-refractivity contribution in [2.45, 2.75) is 36.8 Å². The number of imidazole rings is 1. The first-order valence-corrected chi connectivity index (χ1v) is 10.7. The maximum absolute atomic E-state index is 13.8. The molecule has 0 saturated carbocycles. The molecule has 0 radical (unpaired) electrons. The minimum absolute atomic E-state index is 0.130. The molecule has 0 aliphatic carbocycles. The molecule has 1 N–H and O–H groups in total. The van der Waals surface area contributed by atoms with Gasteiger partial charge in [-0.1, -0.05) is 11.6 Å². The fraction of sp³-hybridized carbons (Fsp3) is 0.368. The van der Waals surface area contributed by atoms with Gasteiger partial charge in [0.15, 0.2) is 11.5 Å². The Morgan fingerprint density at radius 1 is 1.24 bits per heavy atom. The predicted molar refractivity (Wildman–Crippen MR) is 108 cm³/mol. The largest absolute Gasteiger partial charge is 0.358 e. The Labute approximate surface area is 174 Å². The number of hydrogen-bond donors (Lipinski definition) is 1. The van der Waals surface area contributed by atoms with Gasteiger partial charge in [-0.2, -0.15) is 0 Å². The molecule has 10 heteroatoms. The third-order valence-corrected chi connectivity index (χ3v) is 5.69. The van der Waals surface area contributed by atoms with Crippen molar-refractivity contribution >= 4 is 45.9 Å². The summed E-state index contributed by atoms with van der Waals surface area (Å²) in [4.78, 5) is 9.09. The lowest BCUT2D eigenvalue weighted by atomic mass is 10.2. The lowest BCUT2D eigenvalue weighted by molar-refractivity contribution is -0.0363. The monoisotopic (exact) mass is 442 g/mol. The maximum atomic E-state index is 13.8. The third-order valence-electron chi connectivity index (χ3n) is 4.72. The summed E-state index contributed by atoms with van der Waals surface area (Å²) in [5.74, 6) is -0.773. The van der Waals surface area contributed by atoms with E-state index in [1.165, 1.54) is 34.5 Å². The number of thioether (sulfide) groups is 1. The normalized spacial score (nSPS) is 17.2. The van der Waals surface area contributed by atoms with Crippen LogP contribution in [0, 0.1) is 5.82 Å². The van der Waals surface area contributed by atoms with Crippen molar-refractivity contribution in [2.75, 3.05) is 18.2 Å². The minimum Gasteiger partial charge on any atom is -0.358 e. The zero-order valence-electron chi connectivity index (χ0n) is 15.5. The lowest BCUT2D eigenvalue weighted by Crippen LogP contribution is -2.20. The molecule has 1 unspecified atom stereocenters. The Bertz CT molecular complexity index is 1040. The number of alkyl halides is 2. The first-order valence-electron chi connectivity index (χ1n) is 9.06. The number of fused-ring (bicyclic) bond motifs is 1. The number of anilines is 2. The number of nitrogens with zero attached hydrogens (tertiary/aromatic N) is 3. The van der Waals surface area contributed by atoms with Crippen LogP contribution in [0.4, 0.5) is 24.5 Å². The molecule has 29 heavy (non-hydrogen) atoms. The van der Waals surface area contributed by atoms with Gasteiger partial charge in [0.05, 0.1) is 11.4 Å². The number of rotatable bonds is 5. The van der Waals surface area contributed by atoms with Crippen LogP contribution < -0.4 is 5.32 Å². The van der Waals surface area contributed by atoms with Gasteiger partial charge in [-0.25, -0.2) is 23.1 Å². The molecule has 1 aromatic carbocycles. The van der Waals surface area contributed by atoms with Gasteiger partial charge in [0, 0.05) is 17.6 Å². The number of pyridine rings is 1. The van der Waals surface area contributed by atoms with E-state index in [0.717, 1.165) is 12.8 Å². The van der Waals surface area contributed by atoms with Crippen LogP contribution in [-0.2, 0) is 4.74 Å². The maximum Gasteiger partial charge on any atom is 0.295 e. The topological polar surface area (TPSA) is 52.0 Å². The van der Waals surface area contributed by atoms with E-state index in [4.69, 9.17) is 16.3 Å². The number of ether oxygens (including phenoxy) is 1. The van der Waals surface area contributed by atoms with Gasteiger partial charge in [-0.3, -0.25) is 4.57 Å². The van der Waals surface area contributed by atoms with Crippen LogP contribution in [0.1, 0.15) is 37.7 Å². The van der Waals surface area contributed by atoms with Crippen LogP contribution in [-0.4, -0.2) is 27.4 Å². The van der Waals surface area contributed by atoms with E-state index < -0.39 is 18.5 Å². The summed E-state index contributed by atoms with van der Waals surface area (Å²) in [5, 5.41) is 3.27. The van der Waals surface area contributed by atoms with Gasteiger partial charge >= 0.3 is 0 Å². The van der Waals surface area contributed by atoms with E-state index in [1.54, 1.807) is 6.07 Å². The van der Waals surface area contributed by atoms with Gasteiger partial charge in [-0.15, -0.1) is 11.8 Å². The molecule has 5 nitrogen and oxygen atoms in total. The Hall–Kier alpha value is -1.97. The van der Waals surface area contributed by atoms with E-state index in [2.05, 4.69) is 15.3 Å². The summed E-state index contributed by atoms with van der Waals surface area (Å²) < 4.78 is 48.2. The first-order chi connectivity index (χ1) is 14.0. The van der Waals surface area contributed by atoms with Gasteiger partial charge in [0.25, 0.3) is 6.43 Å². The van der Waals surface area contributed by atoms with Crippen molar-refractivity contribution in [3.8, 4) is 0 Å². The lowest BCUT2D eigenvalue weighted by Gasteiger charge is -2.25. The second kappa shape index (κ2) is 8.41. The summed E-state index contributed by atoms with van der Waals surface area (Å²) in [7, 11) is 0. The van der Waals surface area contributed by atoms with Crippen molar-refractivity contribution in [1.82, 2.24) is 14.5 Å². The summed E-state index contributed by atoms with van der Waals surface area (Å²) in [6, 6.07) is 5.81. The predicted octanol–water partition coefficient (Wildman–Crippen LogP) is 6.33. The number of halogens is 4. The molecule has 3 heterocycles. The van der Waals surface area contributed by atoms with Crippen molar-refractivity contribution in [2.24, 2.45) is 0 Å². The van der Waals surface area contributed by atoms with E-state index in [-0.39, 0.29) is 22.1 Å². The highest BCUT2D eigenvalue weighted by molar-refractivity contribution is 7.98. The van der Waals surface area contributed by atoms with Crippen molar-refractivity contribution in [1.29, 1.82) is 0 Å². The summed E-state index contributed by atoms with van der Waals surface area (Å²) in [6.45, 7) is 0.491. The van der Waals surface area contributed by atoms with Crippen molar-refractivity contribution in [3.05, 3.63) is 41.1 Å². The molecule has 1 fully saturated rings. The smallest absolute Gasteiger partial charge is 0.295 e. The summed E-state index contributed by atoms with van der Waals surface area (Å²) >= 11 is 7.56. The average Bonchev–Trinajstić information content (AvgIpc) is 3.09. The highest BCUT2D eigenvalue weighted by Gasteiger charge is 2.28. The minimum atomic E-state index is -2.80. The number of nitrogens with one attached hydrogen (secondary N) is 1. The second-order valence-corrected chi connectivity index (χ2v) is 7.83. The Morgan fingerprint density at radius 3 is 2.76 bits per heavy atom.